The minimum absolute atomic E-state index is 0.181. The fraction of sp³-hybridized carbons (Fsp3) is 0.241. The third-order valence-corrected chi connectivity index (χ3v) is 8.28. The largest absolute Gasteiger partial charge is 0.493 e. The highest BCUT2D eigenvalue weighted by Gasteiger charge is 2.25. The van der Waals surface area contributed by atoms with Gasteiger partial charge in [0.2, 0.25) is 10.0 Å². The Bertz CT molecular complexity index is 1540. The van der Waals surface area contributed by atoms with Gasteiger partial charge < -0.3 is 9.47 Å². The third-order valence-electron chi connectivity index (χ3n) is 6.20. The molecule has 0 aliphatic heterocycles. The van der Waals surface area contributed by atoms with Crippen LogP contribution >= 0.6 is 0 Å². The van der Waals surface area contributed by atoms with Crippen molar-refractivity contribution in [2.24, 2.45) is 4.99 Å². The minimum atomic E-state index is -3.71. The Labute approximate surface area is 224 Å². The highest BCUT2D eigenvalue weighted by atomic mass is 32.2. The Morgan fingerprint density at radius 2 is 1.66 bits per heavy atom. The summed E-state index contributed by atoms with van der Waals surface area (Å²) in [6.45, 7) is 6.28. The number of aryl methyl sites for hydroxylation is 1. The van der Waals surface area contributed by atoms with E-state index < -0.39 is 10.0 Å². The molecule has 198 valence electrons. The number of methoxy groups -OCH3 is 2. The van der Waals surface area contributed by atoms with E-state index in [4.69, 9.17) is 14.6 Å². The van der Waals surface area contributed by atoms with Gasteiger partial charge in [0.1, 0.15) is 10.6 Å². The first-order valence-electron chi connectivity index (χ1n) is 12.3. The van der Waals surface area contributed by atoms with Gasteiger partial charge >= 0.3 is 0 Å². The van der Waals surface area contributed by atoms with Crippen LogP contribution in [0.5, 0.6) is 11.5 Å². The van der Waals surface area contributed by atoms with Gasteiger partial charge in [-0.1, -0.05) is 38.1 Å². The molecule has 0 N–H and O–H groups in total. The number of benzene rings is 3. The fourth-order valence-corrected chi connectivity index (χ4v) is 5.86. The summed E-state index contributed by atoms with van der Waals surface area (Å²) in [5.41, 5.74) is 4.28. The first-order chi connectivity index (χ1) is 18.3. The average Bonchev–Trinajstić information content (AvgIpc) is 3.37. The van der Waals surface area contributed by atoms with E-state index in [0.717, 1.165) is 16.8 Å². The lowest BCUT2D eigenvalue weighted by molar-refractivity contribution is 0.355. The standard InChI is InChI=1S/C29H32N4O4S/c1-6-32(7-2)38(34,35)28-17-21(3)13-15-25(28)30-19-23-20-33(24-11-9-8-10-12-24)31-29(23)22-14-16-26(36-4)27(18-22)37-5/h8-20H,6-7H2,1-5H3. The van der Waals surface area contributed by atoms with Crippen LogP contribution in [0.1, 0.15) is 25.0 Å². The Morgan fingerprint density at radius 1 is 0.947 bits per heavy atom. The van der Waals surface area contributed by atoms with Crippen LogP contribution in [0.15, 0.2) is 82.8 Å². The van der Waals surface area contributed by atoms with Crippen LogP contribution in [0.3, 0.4) is 0 Å². The summed E-state index contributed by atoms with van der Waals surface area (Å²) in [6, 6.07) is 20.6. The van der Waals surface area contributed by atoms with Crippen LogP contribution in [-0.4, -0.2) is 56.0 Å². The summed E-state index contributed by atoms with van der Waals surface area (Å²) in [5, 5.41) is 4.84. The van der Waals surface area contributed by atoms with E-state index in [-0.39, 0.29) is 4.90 Å². The molecule has 0 aliphatic carbocycles. The van der Waals surface area contributed by atoms with E-state index in [2.05, 4.69) is 4.99 Å². The summed E-state index contributed by atoms with van der Waals surface area (Å²) in [5.74, 6) is 1.19. The molecule has 9 heteroatoms. The van der Waals surface area contributed by atoms with Gasteiger partial charge in [-0.2, -0.15) is 9.40 Å². The van der Waals surface area contributed by atoms with E-state index in [1.165, 1.54) is 4.31 Å². The first-order valence-corrected chi connectivity index (χ1v) is 13.8. The van der Waals surface area contributed by atoms with Gasteiger partial charge in [0.05, 0.1) is 25.6 Å². The molecule has 4 aromatic rings. The molecule has 0 aliphatic rings. The second-order valence-corrected chi connectivity index (χ2v) is 10.5. The number of hydrogen-bond donors (Lipinski definition) is 0. The quantitative estimate of drug-likeness (QED) is 0.247. The van der Waals surface area contributed by atoms with Crippen molar-refractivity contribution in [3.63, 3.8) is 0 Å². The van der Waals surface area contributed by atoms with E-state index in [9.17, 15) is 8.42 Å². The van der Waals surface area contributed by atoms with Crippen molar-refractivity contribution in [2.45, 2.75) is 25.7 Å². The van der Waals surface area contributed by atoms with E-state index >= 15 is 0 Å². The van der Waals surface area contributed by atoms with Crippen LogP contribution in [0, 0.1) is 6.92 Å². The van der Waals surface area contributed by atoms with Crippen LogP contribution in [0.4, 0.5) is 5.69 Å². The van der Waals surface area contributed by atoms with Crippen LogP contribution in [0.2, 0.25) is 0 Å². The minimum Gasteiger partial charge on any atom is -0.493 e. The third kappa shape index (κ3) is 5.49. The van der Waals surface area contributed by atoms with Crippen molar-refractivity contribution in [3.05, 3.63) is 84.1 Å². The number of aliphatic imine (C=N–C) groups is 1. The second kappa shape index (κ2) is 11.6. The maximum absolute atomic E-state index is 13.4. The Morgan fingerprint density at radius 3 is 2.32 bits per heavy atom. The normalized spacial score (nSPS) is 11.8. The van der Waals surface area contributed by atoms with Gasteiger partial charge in [-0.05, 0) is 55.0 Å². The second-order valence-electron chi connectivity index (χ2n) is 8.60. The monoisotopic (exact) mass is 532 g/mol. The molecule has 3 aromatic carbocycles. The number of para-hydroxylation sites is 1. The van der Waals surface area contributed by atoms with Gasteiger partial charge in [0.25, 0.3) is 0 Å². The van der Waals surface area contributed by atoms with E-state index in [1.54, 1.807) is 37.2 Å². The molecule has 0 fully saturated rings. The zero-order valence-corrected chi connectivity index (χ0v) is 23.1. The maximum Gasteiger partial charge on any atom is 0.245 e. The molecule has 0 amide bonds. The number of aromatic nitrogens is 2. The zero-order chi connectivity index (χ0) is 27.3. The molecule has 0 atom stereocenters. The number of hydrogen-bond acceptors (Lipinski definition) is 6. The average molecular weight is 533 g/mol. The molecule has 0 saturated carbocycles. The number of ether oxygens (including phenoxy) is 2. The van der Waals surface area contributed by atoms with E-state index in [0.29, 0.717) is 41.5 Å². The first kappa shape index (κ1) is 27.1. The molecule has 1 heterocycles. The number of rotatable bonds is 10. The van der Waals surface area contributed by atoms with Crippen molar-refractivity contribution in [3.8, 4) is 28.4 Å². The van der Waals surface area contributed by atoms with Gasteiger partial charge in [0, 0.05) is 36.6 Å². The van der Waals surface area contributed by atoms with Gasteiger partial charge in [-0.3, -0.25) is 4.99 Å². The van der Waals surface area contributed by atoms with Crippen LogP contribution in [0.25, 0.3) is 16.9 Å². The van der Waals surface area contributed by atoms with Crippen molar-refractivity contribution in [1.29, 1.82) is 0 Å². The summed E-state index contributed by atoms with van der Waals surface area (Å²) >= 11 is 0. The van der Waals surface area contributed by atoms with Gasteiger partial charge in [-0.15, -0.1) is 0 Å². The summed E-state index contributed by atoms with van der Waals surface area (Å²) in [6.07, 6.45) is 3.53. The lowest BCUT2D eigenvalue weighted by Gasteiger charge is -2.19. The topological polar surface area (TPSA) is 86.0 Å². The molecule has 1 aromatic heterocycles. The summed E-state index contributed by atoms with van der Waals surface area (Å²) in [7, 11) is -0.534. The highest BCUT2D eigenvalue weighted by molar-refractivity contribution is 7.89. The smallest absolute Gasteiger partial charge is 0.245 e. The Hall–Kier alpha value is -3.95. The van der Waals surface area contributed by atoms with Crippen molar-refractivity contribution < 1.29 is 17.9 Å². The highest BCUT2D eigenvalue weighted by Crippen LogP contribution is 2.34. The van der Waals surface area contributed by atoms with E-state index in [1.807, 2.05) is 81.6 Å². The van der Waals surface area contributed by atoms with Crippen molar-refractivity contribution in [1.82, 2.24) is 14.1 Å². The SMILES string of the molecule is CCN(CC)S(=O)(=O)c1cc(C)ccc1N=Cc1cn(-c2ccccc2)nc1-c1ccc(OC)c(OC)c1. The molecular weight excluding hydrogens is 500 g/mol. The zero-order valence-electron chi connectivity index (χ0n) is 22.2. The molecule has 0 radical (unpaired) electrons. The Balaban J connectivity index is 1.85. The predicted molar refractivity (Wildman–Crippen MR) is 151 cm³/mol. The van der Waals surface area contributed by atoms with Crippen LogP contribution < -0.4 is 9.47 Å². The Kier molecular flexibility index (Phi) is 8.29. The fourth-order valence-electron chi connectivity index (χ4n) is 4.18. The van der Waals surface area contributed by atoms with Gasteiger partial charge in [0.15, 0.2) is 11.5 Å². The molecule has 0 spiro atoms. The molecule has 38 heavy (non-hydrogen) atoms. The number of nitrogens with zero attached hydrogens (tertiary/aromatic N) is 4. The number of sulfonamides is 1. The van der Waals surface area contributed by atoms with Crippen molar-refractivity contribution in [2.75, 3.05) is 27.3 Å². The lowest BCUT2D eigenvalue weighted by Crippen LogP contribution is -2.30. The maximum atomic E-state index is 13.4. The van der Waals surface area contributed by atoms with Crippen LogP contribution in [-0.2, 0) is 10.0 Å². The molecule has 0 unspecified atom stereocenters. The summed E-state index contributed by atoms with van der Waals surface area (Å²) in [4.78, 5) is 4.85. The lowest BCUT2D eigenvalue weighted by atomic mass is 10.1. The van der Waals surface area contributed by atoms with Gasteiger partial charge in [-0.25, -0.2) is 13.1 Å². The molecule has 8 nitrogen and oxygen atoms in total. The van der Waals surface area contributed by atoms with Crippen molar-refractivity contribution >= 4 is 21.9 Å². The predicted octanol–water partition coefficient (Wildman–Crippen LogP) is 5.65. The molecular formula is C29H32N4O4S. The molecule has 0 saturated heterocycles. The summed E-state index contributed by atoms with van der Waals surface area (Å²) < 4.78 is 40.9. The molecule has 0 bridgehead atoms. The molecule has 4 rings (SSSR count).